The number of halogens is 2. The van der Waals surface area contributed by atoms with Gasteiger partial charge >= 0.3 is 0 Å². The average molecular weight is 313 g/mol. The van der Waals surface area contributed by atoms with E-state index in [4.69, 9.17) is 23.2 Å². The van der Waals surface area contributed by atoms with Crippen molar-refractivity contribution < 1.29 is 4.79 Å². The van der Waals surface area contributed by atoms with Crippen LogP contribution in [0, 0.1) is 0 Å². The van der Waals surface area contributed by atoms with E-state index in [1.807, 2.05) is 13.0 Å². The van der Waals surface area contributed by atoms with E-state index < -0.39 is 0 Å². The molecule has 0 fully saturated rings. The van der Waals surface area contributed by atoms with Crippen LogP contribution in [0.5, 0.6) is 0 Å². The van der Waals surface area contributed by atoms with Crippen LogP contribution in [-0.4, -0.2) is 33.0 Å². The number of carbonyl (C=O) groups excluding carboxylic acids is 1. The number of H-pyrrole nitrogens is 1. The van der Waals surface area contributed by atoms with Crippen LogP contribution < -0.4 is 0 Å². The van der Waals surface area contributed by atoms with Crippen molar-refractivity contribution in [3.05, 3.63) is 45.5 Å². The molecule has 0 atom stereocenters. The van der Waals surface area contributed by atoms with Gasteiger partial charge in [-0.3, -0.25) is 9.89 Å². The van der Waals surface area contributed by atoms with Crippen molar-refractivity contribution >= 4 is 29.1 Å². The summed E-state index contributed by atoms with van der Waals surface area (Å²) in [5, 5.41) is 7.55. The molecule has 1 N–H and O–H groups in total. The largest absolute Gasteiger partial charge is 0.335 e. The molecule has 0 aliphatic carbocycles. The van der Waals surface area contributed by atoms with E-state index >= 15 is 0 Å². The van der Waals surface area contributed by atoms with Crippen LogP contribution >= 0.6 is 23.2 Å². The number of hydrogen-bond acceptors (Lipinski definition) is 3. The molecule has 1 amide bonds. The van der Waals surface area contributed by atoms with Crippen LogP contribution in [0.15, 0.2) is 18.2 Å². The lowest BCUT2D eigenvalue weighted by Crippen LogP contribution is -2.27. The van der Waals surface area contributed by atoms with Gasteiger partial charge in [-0.25, -0.2) is 4.98 Å². The van der Waals surface area contributed by atoms with Gasteiger partial charge in [0.15, 0.2) is 0 Å². The number of nitrogens with zero attached hydrogens (tertiary/aromatic N) is 3. The molecule has 106 valence electrons. The second kappa shape index (κ2) is 6.24. The summed E-state index contributed by atoms with van der Waals surface area (Å²) in [5.41, 5.74) is 0.779. The fourth-order valence-electron chi connectivity index (χ4n) is 1.72. The first-order chi connectivity index (χ1) is 9.52. The molecule has 1 heterocycles. The van der Waals surface area contributed by atoms with Crippen molar-refractivity contribution in [2.45, 2.75) is 19.9 Å². The van der Waals surface area contributed by atoms with Crippen LogP contribution in [0.4, 0.5) is 0 Å². The molecule has 0 aliphatic rings. The zero-order valence-corrected chi connectivity index (χ0v) is 12.7. The maximum atomic E-state index is 12.2. The molecule has 0 aliphatic heterocycles. The molecule has 2 aromatic rings. The summed E-state index contributed by atoms with van der Waals surface area (Å²) in [6.07, 6.45) is 0.699. The van der Waals surface area contributed by atoms with Gasteiger partial charge in [0, 0.05) is 20.0 Å². The summed E-state index contributed by atoms with van der Waals surface area (Å²) in [6.45, 7) is 2.28. The van der Waals surface area contributed by atoms with Gasteiger partial charge in [-0.15, -0.1) is 5.10 Å². The Kier molecular flexibility index (Phi) is 4.62. The molecule has 2 rings (SSSR count). The van der Waals surface area contributed by atoms with Crippen LogP contribution in [0.25, 0.3) is 0 Å². The van der Waals surface area contributed by atoms with E-state index in [0.29, 0.717) is 28.8 Å². The molecule has 0 saturated carbocycles. The van der Waals surface area contributed by atoms with Crippen molar-refractivity contribution in [1.29, 1.82) is 0 Å². The van der Waals surface area contributed by atoms with E-state index in [1.165, 1.54) is 4.90 Å². The summed E-state index contributed by atoms with van der Waals surface area (Å²) in [7, 11) is 1.67. The van der Waals surface area contributed by atoms with Crippen LogP contribution in [0.1, 0.15) is 28.9 Å². The van der Waals surface area contributed by atoms with Gasteiger partial charge in [-0.05, 0) is 11.6 Å². The topological polar surface area (TPSA) is 61.9 Å². The van der Waals surface area contributed by atoms with Crippen molar-refractivity contribution in [3.63, 3.8) is 0 Å². The lowest BCUT2D eigenvalue weighted by molar-refractivity contribution is 0.0773. The van der Waals surface area contributed by atoms with Gasteiger partial charge in [0.1, 0.15) is 5.82 Å². The van der Waals surface area contributed by atoms with Crippen molar-refractivity contribution in [3.8, 4) is 0 Å². The zero-order chi connectivity index (χ0) is 14.7. The first-order valence-corrected chi connectivity index (χ1v) is 6.88. The Morgan fingerprint density at radius 3 is 2.80 bits per heavy atom. The second-order valence-corrected chi connectivity index (χ2v) is 5.12. The molecule has 7 heteroatoms. The molecule has 0 spiro atoms. The molecule has 0 radical (unpaired) electrons. The Morgan fingerprint density at radius 2 is 2.15 bits per heavy atom. The molecule has 5 nitrogen and oxygen atoms in total. The van der Waals surface area contributed by atoms with E-state index in [-0.39, 0.29) is 11.7 Å². The zero-order valence-electron chi connectivity index (χ0n) is 11.2. The third-order valence-corrected chi connectivity index (χ3v) is 3.70. The minimum Gasteiger partial charge on any atom is -0.335 e. The summed E-state index contributed by atoms with van der Waals surface area (Å²) < 4.78 is 0. The normalized spacial score (nSPS) is 10.6. The smallest absolute Gasteiger partial charge is 0.293 e. The number of aromatic nitrogens is 3. The maximum Gasteiger partial charge on any atom is 0.293 e. The lowest BCUT2D eigenvalue weighted by Gasteiger charge is -2.16. The van der Waals surface area contributed by atoms with Crippen molar-refractivity contribution in [2.75, 3.05) is 7.05 Å². The number of hydrogen-bond donors (Lipinski definition) is 1. The summed E-state index contributed by atoms with van der Waals surface area (Å²) >= 11 is 12.1. The van der Waals surface area contributed by atoms with Crippen LogP contribution in [0.2, 0.25) is 10.0 Å². The minimum absolute atomic E-state index is 0.155. The van der Waals surface area contributed by atoms with E-state index in [2.05, 4.69) is 15.2 Å². The number of carbonyl (C=O) groups is 1. The summed E-state index contributed by atoms with van der Waals surface area (Å²) in [5.74, 6) is 0.571. The molecule has 1 aromatic carbocycles. The van der Waals surface area contributed by atoms with E-state index in [9.17, 15) is 4.79 Å². The first kappa shape index (κ1) is 14.8. The molecular weight excluding hydrogens is 299 g/mol. The molecule has 0 saturated heterocycles. The summed E-state index contributed by atoms with van der Waals surface area (Å²) in [4.78, 5) is 17.8. The number of nitrogens with one attached hydrogen (secondary N) is 1. The highest BCUT2D eigenvalue weighted by Gasteiger charge is 2.18. The van der Waals surface area contributed by atoms with Gasteiger partial charge in [0.05, 0.1) is 10.0 Å². The van der Waals surface area contributed by atoms with Gasteiger partial charge in [0.25, 0.3) is 5.91 Å². The second-order valence-electron chi connectivity index (χ2n) is 4.33. The van der Waals surface area contributed by atoms with Crippen LogP contribution in [0.3, 0.4) is 0 Å². The highest BCUT2D eigenvalue weighted by atomic mass is 35.5. The SMILES string of the molecule is CCc1nc(C(=O)N(C)Cc2cccc(Cl)c2Cl)n[nH]1. The molecule has 0 bridgehead atoms. The van der Waals surface area contributed by atoms with Crippen molar-refractivity contribution in [2.24, 2.45) is 0 Å². The quantitative estimate of drug-likeness (QED) is 0.944. The van der Waals surface area contributed by atoms with Crippen LogP contribution in [-0.2, 0) is 13.0 Å². The van der Waals surface area contributed by atoms with Gasteiger partial charge in [-0.1, -0.05) is 42.3 Å². The number of aromatic amines is 1. The number of benzene rings is 1. The van der Waals surface area contributed by atoms with Gasteiger partial charge in [-0.2, -0.15) is 0 Å². The molecule has 1 aromatic heterocycles. The van der Waals surface area contributed by atoms with Gasteiger partial charge < -0.3 is 4.90 Å². The van der Waals surface area contributed by atoms with Crippen molar-refractivity contribution in [1.82, 2.24) is 20.1 Å². The molecule has 20 heavy (non-hydrogen) atoms. The Morgan fingerprint density at radius 1 is 1.40 bits per heavy atom. The monoisotopic (exact) mass is 312 g/mol. The standard InChI is InChI=1S/C13H14Cl2N4O/c1-3-10-16-12(18-17-10)13(20)19(2)7-8-5-4-6-9(14)11(8)15/h4-6H,3,7H2,1-2H3,(H,16,17,18). The fraction of sp³-hybridized carbons (Fsp3) is 0.308. The molecule has 0 unspecified atom stereocenters. The third-order valence-electron chi connectivity index (χ3n) is 2.84. The Balaban J connectivity index is 2.13. The third kappa shape index (κ3) is 3.11. The lowest BCUT2D eigenvalue weighted by atomic mass is 10.2. The number of aryl methyl sites for hydroxylation is 1. The summed E-state index contributed by atoms with van der Waals surface area (Å²) in [6, 6.07) is 5.33. The predicted octanol–water partition coefficient (Wildman–Crippen LogP) is 2.95. The predicted molar refractivity (Wildman–Crippen MR) is 78.0 cm³/mol. The van der Waals surface area contributed by atoms with Gasteiger partial charge in [0.2, 0.25) is 5.82 Å². The number of amides is 1. The Hall–Kier alpha value is -1.59. The fourth-order valence-corrected chi connectivity index (χ4v) is 2.10. The van der Waals surface area contributed by atoms with E-state index in [1.54, 1.807) is 19.2 Å². The minimum atomic E-state index is -0.267. The average Bonchev–Trinajstić information content (AvgIpc) is 2.91. The Bertz CT molecular complexity index is 627. The van der Waals surface area contributed by atoms with E-state index in [0.717, 1.165) is 5.56 Å². The highest BCUT2D eigenvalue weighted by Crippen LogP contribution is 2.26. The molecular formula is C13H14Cl2N4O. The maximum absolute atomic E-state index is 12.2. The number of rotatable bonds is 4. The first-order valence-electron chi connectivity index (χ1n) is 6.12. The highest BCUT2D eigenvalue weighted by molar-refractivity contribution is 6.42. The Labute approximate surface area is 126 Å².